The van der Waals surface area contributed by atoms with Crippen LogP contribution in [0.25, 0.3) is 0 Å². The van der Waals surface area contributed by atoms with E-state index in [1.54, 1.807) is 16.8 Å². The Labute approximate surface area is 166 Å². The Morgan fingerprint density at radius 1 is 1.28 bits per heavy atom. The van der Waals surface area contributed by atoms with Gasteiger partial charge in [-0.05, 0) is 20.8 Å². The molecule has 2 N–H and O–H groups in total. The van der Waals surface area contributed by atoms with E-state index in [1.807, 2.05) is 20.8 Å². The monoisotopic (exact) mass is 468 g/mol. The molecule has 0 spiro atoms. The van der Waals surface area contributed by atoms with E-state index in [9.17, 15) is 14.4 Å². The Morgan fingerprint density at radius 2 is 1.92 bits per heavy atom. The van der Waals surface area contributed by atoms with E-state index in [0.29, 0.717) is 25.6 Å². The van der Waals surface area contributed by atoms with Crippen molar-refractivity contribution in [2.24, 2.45) is 4.99 Å². The minimum Gasteiger partial charge on any atom is -0.357 e. The number of carbonyl (C=O) groups excluding carboxylic acids is 3. The molecule has 0 aliphatic carbocycles. The SMILES string of the molecule is CCNC(=NCCN1C(=O)CNC1=O)N(C)CC(=O)N(CC)CC.I. The van der Waals surface area contributed by atoms with Gasteiger partial charge in [0, 0.05) is 26.7 Å². The van der Waals surface area contributed by atoms with E-state index in [4.69, 9.17) is 0 Å². The molecule has 4 amide bonds. The summed E-state index contributed by atoms with van der Waals surface area (Å²) in [6.07, 6.45) is 0. The van der Waals surface area contributed by atoms with Crippen molar-refractivity contribution >= 4 is 47.8 Å². The van der Waals surface area contributed by atoms with E-state index < -0.39 is 0 Å². The number of imide groups is 1. The zero-order valence-corrected chi connectivity index (χ0v) is 17.7. The third-order valence-corrected chi connectivity index (χ3v) is 3.71. The Kier molecular flexibility index (Phi) is 11.1. The van der Waals surface area contributed by atoms with Crippen molar-refractivity contribution in [2.75, 3.05) is 52.9 Å². The number of carbonyl (C=O) groups is 3. The minimum atomic E-state index is -0.384. The molecule has 1 aliphatic rings. The molecule has 1 saturated heterocycles. The van der Waals surface area contributed by atoms with Crippen molar-refractivity contribution in [1.82, 2.24) is 25.3 Å². The quantitative estimate of drug-likeness (QED) is 0.225. The summed E-state index contributed by atoms with van der Waals surface area (Å²) in [4.78, 5) is 44.2. The fourth-order valence-electron chi connectivity index (χ4n) is 2.36. The molecule has 0 aromatic carbocycles. The lowest BCUT2D eigenvalue weighted by molar-refractivity contribution is -0.131. The van der Waals surface area contributed by atoms with E-state index in [2.05, 4.69) is 15.6 Å². The highest BCUT2D eigenvalue weighted by molar-refractivity contribution is 14.0. The van der Waals surface area contributed by atoms with Crippen LogP contribution in [0.5, 0.6) is 0 Å². The van der Waals surface area contributed by atoms with Gasteiger partial charge >= 0.3 is 6.03 Å². The molecule has 10 heteroatoms. The van der Waals surface area contributed by atoms with Gasteiger partial charge in [-0.15, -0.1) is 24.0 Å². The highest BCUT2D eigenvalue weighted by Crippen LogP contribution is 1.99. The third-order valence-electron chi connectivity index (χ3n) is 3.71. The van der Waals surface area contributed by atoms with Crippen LogP contribution in [0.4, 0.5) is 4.79 Å². The second kappa shape index (κ2) is 11.9. The summed E-state index contributed by atoms with van der Waals surface area (Å²) in [6.45, 7) is 8.59. The number of nitrogens with one attached hydrogen (secondary N) is 2. The smallest absolute Gasteiger partial charge is 0.324 e. The van der Waals surface area contributed by atoms with Crippen LogP contribution in [0.1, 0.15) is 20.8 Å². The molecule has 0 aromatic heterocycles. The molecule has 1 rings (SSSR count). The number of likely N-dealkylation sites (N-methyl/N-ethyl adjacent to an activating group) is 2. The largest absolute Gasteiger partial charge is 0.357 e. The average Bonchev–Trinajstić information content (AvgIpc) is 2.86. The van der Waals surface area contributed by atoms with Gasteiger partial charge in [-0.25, -0.2) is 4.79 Å². The van der Waals surface area contributed by atoms with E-state index in [-0.39, 0.29) is 68.0 Å². The molecule has 144 valence electrons. The molecule has 0 bridgehead atoms. The van der Waals surface area contributed by atoms with Crippen molar-refractivity contribution in [1.29, 1.82) is 0 Å². The van der Waals surface area contributed by atoms with Crippen LogP contribution < -0.4 is 10.6 Å². The number of urea groups is 1. The number of nitrogens with zero attached hydrogens (tertiary/aromatic N) is 4. The first-order valence-corrected chi connectivity index (χ1v) is 8.29. The standard InChI is InChI=1S/C15H28N6O3.HI/c1-5-16-14(19(4)11-13(23)20(6-2)7-3)17-8-9-21-12(22)10-18-15(21)24;/h5-11H2,1-4H3,(H,16,17)(H,18,24);1H. The fourth-order valence-corrected chi connectivity index (χ4v) is 2.36. The summed E-state index contributed by atoms with van der Waals surface area (Å²) in [6, 6.07) is -0.384. The maximum Gasteiger partial charge on any atom is 0.324 e. The zero-order chi connectivity index (χ0) is 18.1. The Morgan fingerprint density at radius 3 is 2.40 bits per heavy atom. The first-order chi connectivity index (χ1) is 11.4. The summed E-state index contributed by atoms with van der Waals surface area (Å²) in [5, 5.41) is 5.58. The normalized spacial score (nSPS) is 14.1. The van der Waals surface area contributed by atoms with Gasteiger partial charge in [0.1, 0.15) is 0 Å². The number of aliphatic imine (C=N–C) groups is 1. The molecule has 0 radical (unpaired) electrons. The van der Waals surface area contributed by atoms with E-state index >= 15 is 0 Å². The van der Waals surface area contributed by atoms with Crippen molar-refractivity contribution < 1.29 is 14.4 Å². The van der Waals surface area contributed by atoms with Gasteiger partial charge in [-0.3, -0.25) is 19.5 Å². The van der Waals surface area contributed by atoms with Crippen LogP contribution in [0.2, 0.25) is 0 Å². The first-order valence-electron chi connectivity index (χ1n) is 8.29. The number of hydrogen-bond acceptors (Lipinski definition) is 4. The van der Waals surface area contributed by atoms with Gasteiger partial charge in [0.15, 0.2) is 5.96 Å². The van der Waals surface area contributed by atoms with E-state index in [0.717, 1.165) is 4.90 Å². The van der Waals surface area contributed by atoms with Gasteiger partial charge in [0.25, 0.3) is 0 Å². The van der Waals surface area contributed by atoms with Crippen molar-refractivity contribution in [3.05, 3.63) is 0 Å². The number of amides is 4. The minimum absolute atomic E-state index is 0. The summed E-state index contributed by atoms with van der Waals surface area (Å²) in [5.41, 5.74) is 0. The molecule has 1 fully saturated rings. The third kappa shape index (κ3) is 7.04. The van der Waals surface area contributed by atoms with Gasteiger partial charge in [-0.1, -0.05) is 0 Å². The number of guanidine groups is 1. The molecule has 1 aliphatic heterocycles. The fraction of sp³-hybridized carbons (Fsp3) is 0.733. The van der Waals surface area contributed by atoms with Gasteiger partial charge < -0.3 is 20.4 Å². The molecular weight excluding hydrogens is 439 g/mol. The van der Waals surface area contributed by atoms with Crippen molar-refractivity contribution in [3.8, 4) is 0 Å². The van der Waals surface area contributed by atoms with E-state index in [1.165, 1.54) is 0 Å². The van der Waals surface area contributed by atoms with Crippen molar-refractivity contribution in [3.63, 3.8) is 0 Å². The lowest BCUT2D eigenvalue weighted by Gasteiger charge is -2.25. The molecule has 25 heavy (non-hydrogen) atoms. The second-order valence-corrected chi connectivity index (χ2v) is 5.36. The van der Waals surface area contributed by atoms with Gasteiger partial charge in [0.05, 0.1) is 26.2 Å². The molecule has 1 heterocycles. The lowest BCUT2D eigenvalue weighted by atomic mass is 10.4. The topological polar surface area (TPSA) is 97.4 Å². The summed E-state index contributed by atoms with van der Waals surface area (Å²) in [7, 11) is 1.79. The van der Waals surface area contributed by atoms with Gasteiger partial charge in [0.2, 0.25) is 11.8 Å². The average molecular weight is 468 g/mol. The second-order valence-electron chi connectivity index (χ2n) is 5.36. The Balaban J connectivity index is 0.00000576. The Bertz CT molecular complexity index is 480. The summed E-state index contributed by atoms with van der Waals surface area (Å²) >= 11 is 0. The molecule has 0 aromatic rings. The maximum absolute atomic E-state index is 12.2. The summed E-state index contributed by atoms with van der Waals surface area (Å²) < 4.78 is 0. The molecule has 0 unspecified atom stereocenters. The van der Waals surface area contributed by atoms with Crippen molar-refractivity contribution in [2.45, 2.75) is 20.8 Å². The predicted octanol–water partition coefficient (Wildman–Crippen LogP) is -0.0781. The maximum atomic E-state index is 12.2. The Hall–Kier alpha value is -1.59. The van der Waals surface area contributed by atoms with Crippen LogP contribution in [0.15, 0.2) is 4.99 Å². The zero-order valence-electron chi connectivity index (χ0n) is 15.4. The van der Waals surface area contributed by atoms with Crippen LogP contribution >= 0.6 is 24.0 Å². The number of halogens is 1. The van der Waals surface area contributed by atoms with Crippen LogP contribution in [-0.2, 0) is 9.59 Å². The predicted molar refractivity (Wildman–Crippen MR) is 107 cm³/mol. The highest BCUT2D eigenvalue weighted by Gasteiger charge is 2.27. The van der Waals surface area contributed by atoms with Gasteiger partial charge in [-0.2, -0.15) is 0 Å². The molecule has 0 saturated carbocycles. The lowest BCUT2D eigenvalue weighted by Crippen LogP contribution is -2.46. The molecule has 9 nitrogen and oxygen atoms in total. The van der Waals surface area contributed by atoms with Crippen LogP contribution in [0.3, 0.4) is 0 Å². The highest BCUT2D eigenvalue weighted by atomic mass is 127. The molecule has 0 atom stereocenters. The van der Waals surface area contributed by atoms with Crippen LogP contribution in [-0.4, -0.2) is 91.4 Å². The first kappa shape index (κ1) is 23.4. The summed E-state index contributed by atoms with van der Waals surface area (Å²) in [5.74, 6) is 0.359. The number of rotatable bonds is 8. The van der Waals surface area contributed by atoms with Crippen LogP contribution in [0, 0.1) is 0 Å². The molecular formula is C15H29IN6O3. The number of hydrogen-bond donors (Lipinski definition) is 2.